The van der Waals surface area contributed by atoms with Crippen LogP contribution in [0.5, 0.6) is 17.2 Å². The van der Waals surface area contributed by atoms with Crippen LogP contribution in [-0.4, -0.2) is 32.2 Å². The van der Waals surface area contributed by atoms with Gasteiger partial charge in [0, 0.05) is 12.1 Å². The fourth-order valence-corrected chi connectivity index (χ4v) is 4.10. The van der Waals surface area contributed by atoms with E-state index in [4.69, 9.17) is 14.2 Å². The second-order valence-electron chi connectivity index (χ2n) is 6.70. The third-order valence-corrected chi connectivity index (χ3v) is 5.99. The van der Waals surface area contributed by atoms with E-state index in [0.29, 0.717) is 28.7 Å². The SMILES string of the molecule is CCc1ccc(-c2nc(C)c(C(=O)NCc3cc(OC)c(OC)c(OC)c3)s2)cc1. The minimum absolute atomic E-state index is 0.157. The predicted molar refractivity (Wildman–Crippen MR) is 119 cm³/mol. The zero-order valence-electron chi connectivity index (χ0n) is 17.9. The lowest BCUT2D eigenvalue weighted by atomic mass is 10.1. The van der Waals surface area contributed by atoms with Crippen molar-refractivity contribution in [2.24, 2.45) is 0 Å². The fraction of sp³-hybridized carbons (Fsp3) is 0.304. The molecule has 0 aliphatic carbocycles. The van der Waals surface area contributed by atoms with Gasteiger partial charge in [-0.05, 0) is 36.6 Å². The minimum Gasteiger partial charge on any atom is -0.493 e. The van der Waals surface area contributed by atoms with E-state index in [2.05, 4.69) is 41.5 Å². The number of carbonyl (C=O) groups excluding carboxylic acids is 1. The van der Waals surface area contributed by atoms with Gasteiger partial charge in [0.2, 0.25) is 5.75 Å². The Morgan fingerprint density at radius 2 is 1.63 bits per heavy atom. The van der Waals surface area contributed by atoms with E-state index in [-0.39, 0.29) is 5.91 Å². The molecule has 3 aromatic rings. The molecule has 158 valence electrons. The van der Waals surface area contributed by atoms with Crippen molar-refractivity contribution in [2.75, 3.05) is 21.3 Å². The number of aryl methyl sites for hydroxylation is 2. The largest absolute Gasteiger partial charge is 0.493 e. The second kappa shape index (κ2) is 9.63. The smallest absolute Gasteiger partial charge is 0.263 e. The average molecular weight is 427 g/mol. The molecule has 1 amide bonds. The molecule has 1 aromatic heterocycles. The number of nitrogens with zero attached hydrogens (tertiary/aromatic N) is 1. The summed E-state index contributed by atoms with van der Waals surface area (Å²) >= 11 is 1.40. The van der Waals surface area contributed by atoms with E-state index in [0.717, 1.165) is 28.2 Å². The van der Waals surface area contributed by atoms with E-state index < -0.39 is 0 Å². The van der Waals surface area contributed by atoms with Gasteiger partial charge in [0.05, 0.1) is 27.0 Å². The molecule has 0 spiro atoms. The van der Waals surface area contributed by atoms with Crippen molar-refractivity contribution in [3.8, 4) is 27.8 Å². The summed E-state index contributed by atoms with van der Waals surface area (Å²) in [5, 5.41) is 3.80. The number of rotatable bonds is 8. The van der Waals surface area contributed by atoms with E-state index in [1.807, 2.05) is 19.1 Å². The van der Waals surface area contributed by atoms with Crippen LogP contribution in [0.4, 0.5) is 0 Å². The maximum absolute atomic E-state index is 12.8. The highest BCUT2D eigenvalue weighted by molar-refractivity contribution is 7.17. The molecule has 0 radical (unpaired) electrons. The lowest BCUT2D eigenvalue weighted by Gasteiger charge is -2.14. The number of aromatic nitrogens is 1. The first-order chi connectivity index (χ1) is 14.5. The van der Waals surface area contributed by atoms with Crippen molar-refractivity contribution in [2.45, 2.75) is 26.8 Å². The van der Waals surface area contributed by atoms with Crippen molar-refractivity contribution in [1.29, 1.82) is 0 Å². The molecule has 7 heteroatoms. The van der Waals surface area contributed by atoms with E-state index in [1.165, 1.54) is 16.9 Å². The predicted octanol–water partition coefficient (Wildman–Crippen LogP) is 4.64. The molecule has 0 aliphatic heterocycles. The van der Waals surface area contributed by atoms with Gasteiger partial charge in [-0.2, -0.15) is 0 Å². The summed E-state index contributed by atoms with van der Waals surface area (Å²) in [5.41, 5.74) is 3.85. The van der Waals surface area contributed by atoms with Crippen LogP contribution in [-0.2, 0) is 13.0 Å². The average Bonchev–Trinajstić information content (AvgIpc) is 3.18. The van der Waals surface area contributed by atoms with Crippen LogP contribution < -0.4 is 19.5 Å². The molecular weight excluding hydrogens is 400 g/mol. The number of amides is 1. The van der Waals surface area contributed by atoms with Gasteiger partial charge in [0.15, 0.2) is 11.5 Å². The molecule has 0 bridgehead atoms. The van der Waals surface area contributed by atoms with Crippen molar-refractivity contribution in [3.05, 3.63) is 58.1 Å². The lowest BCUT2D eigenvalue weighted by Crippen LogP contribution is -2.22. The maximum atomic E-state index is 12.8. The van der Waals surface area contributed by atoms with Gasteiger partial charge in [-0.1, -0.05) is 31.2 Å². The molecule has 0 unspecified atom stereocenters. The summed E-state index contributed by atoms with van der Waals surface area (Å²) in [6.07, 6.45) is 0.992. The molecule has 6 nitrogen and oxygen atoms in total. The van der Waals surface area contributed by atoms with Gasteiger partial charge in [-0.15, -0.1) is 11.3 Å². The zero-order valence-corrected chi connectivity index (χ0v) is 18.7. The molecule has 3 rings (SSSR count). The number of methoxy groups -OCH3 is 3. The highest BCUT2D eigenvalue weighted by atomic mass is 32.1. The Kier molecular flexibility index (Phi) is 6.95. The fourth-order valence-electron chi connectivity index (χ4n) is 3.11. The first-order valence-corrected chi connectivity index (χ1v) is 10.5. The van der Waals surface area contributed by atoms with Gasteiger partial charge in [-0.25, -0.2) is 4.98 Å². The van der Waals surface area contributed by atoms with Crippen molar-refractivity contribution in [1.82, 2.24) is 10.3 Å². The van der Waals surface area contributed by atoms with Gasteiger partial charge >= 0.3 is 0 Å². The minimum atomic E-state index is -0.157. The van der Waals surface area contributed by atoms with Crippen LogP contribution in [0.25, 0.3) is 10.6 Å². The Balaban J connectivity index is 1.76. The highest BCUT2D eigenvalue weighted by Gasteiger charge is 2.18. The quantitative estimate of drug-likeness (QED) is 0.568. The standard InChI is InChI=1S/C23H26N2O4S/c1-6-15-7-9-17(10-8-15)23-25-14(2)21(30-23)22(26)24-13-16-11-18(27-3)20(29-5)19(12-16)28-4/h7-12H,6,13H2,1-5H3,(H,24,26). The topological polar surface area (TPSA) is 69.7 Å². The third-order valence-electron chi connectivity index (χ3n) is 4.79. The van der Waals surface area contributed by atoms with Crippen molar-refractivity contribution >= 4 is 17.2 Å². The zero-order chi connectivity index (χ0) is 21.7. The summed E-state index contributed by atoms with van der Waals surface area (Å²) < 4.78 is 16.1. The van der Waals surface area contributed by atoms with Gasteiger partial charge < -0.3 is 19.5 Å². The number of thiazole rings is 1. The number of carbonyl (C=O) groups is 1. The van der Waals surface area contributed by atoms with E-state index >= 15 is 0 Å². The number of hydrogen-bond donors (Lipinski definition) is 1. The van der Waals surface area contributed by atoms with Gasteiger partial charge in [0.1, 0.15) is 9.88 Å². The number of nitrogens with one attached hydrogen (secondary N) is 1. The Bertz CT molecular complexity index is 1000. The number of hydrogen-bond acceptors (Lipinski definition) is 6. The van der Waals surface area contributed by atoms with Crippen LogP contribution in [0.3, 0.4) is 0 Å². The molecule has 0 saturated heterocycles. The monoisotopic (exact) mass is 426 g/mol. The van der Waals surface area contributed by atoms with Gasteiger partial charge in [0.25, 0.3) is 5.91 Å². The summed E-state index contributed by atoms with van der Waals surface area (Å²) in [6.45, 7) is 4.31. The van der Waals surface area contributed by atoms with Crippen molar-refractivity contribution in [3.63, 3.8) is 0 Å². The van der Waals surface area contributed by atoms with Crippen LogP contribution in [0.1, 0.15) is 33.4 Å². The Hall–Kier alpha value is -3.06. The normalized spacial score (nSPS) is 10.6. The molecule has 0 fully saturated rings. The summed E-state index contributed by atoms with van der Waals surface area (Å²) in [5.74, 6) is 1.46. The molecule has 2 aromatic carbocycles. The lowest BCUT2D eigenvalue weighted by molar-refractivity contribution is 0.0954. The van der Waals surface area contributed by atoms with E-state index in [9.17, 15) is 4.79 Å². The molecule has 0 saturated carbocycles. The van der Waals surface area contributed by atoms with Crippen molar-refractivity contribution < 1.29 is 19.0 Å². The van der Waals surface area contributed by atoms with E-state index in [1.54, 1.807) is 21.3 Å². The number of ether oxygens (including phenoxy) is 3. The third kappa shape index (κ3) is 4.57. The summed E-state index contributed by atoms with van der Waals surface area (Å²) in [4.78, 5) is 18.0. The Morgan fingerprint density at radius 1 is 1.00 bits per heavy atom. The first kappa shape index (κ1) is 21.6. The van der Waals surface area contributed by atoms with Gasteiger partial charge in [-0.3, -0.25) is 4.79 Å². The molecule has 0 atom stereocenters. The van der Waals surface area contributed by atoms with Crippen LogP contribution in [0, 0.1) is 6.92 Å². The maximum Gasteiger partial charge on any atom is 0.263 e. The van der Waals surface area contributed by atoms with Crippen LogP contribution in [0.2, 0.25) is 0 Å². The Morgan fingerprint density at radius 3 is 2.17 bits per heavy atom. The second-order valence-corrected chi connectivity index (χ2v) is 7.70. The molecule has 0 aliphatic rings. The molecule has 1 N–H and O–H groups in total. The summed E-state index contributed by atoms with van der Waals surface area (Å²) in [6, 6.07) is 11.9. The first-order valence-electron chi connectivity index (χ1n) is 9.64. The van der Waals surface area contributed by atoms with Crippen LogP contribution in [0.15, 0.2) is 36.4 Å². The molecule has 1 heterocycles. The molecular formula is C23H26N2O4S. The molecule has 30 heavy (non-hydrogen) atoms. The highest BCUT2D eigenvalue weighted by Crippen LogP contribution is 2.38. The van der Waals surface area contributed by atoms with Crippen LogP contribution >= 0.6 is 11.3 Å². The summed E-state index contributed by atoms with van der Waals surface area (Å²) in [7, 11) is 4.69. The Labute approximate surface area is 180 Å². The number of benzene rings is 2.